The van der Waals surface area contributed by atoms with Crippen LogP contribution < -0.4 is 20.7 Å². The van der Waals surface area contributed by atoms with Crippen molar-refractivity contribution in [3.05, 3.63) is 60.2 Å². The Morgan fingerprint density at radius 3 is 2.23 bits per heavy atom. The zero-order valence-electron chi connectivity index (χ0n) is 17.3. The van der Waals surface area contributed by atoms with Gasteiger partial charge in [-0.05, 0) is 49.7 Å². The maximum Gasteiger partial charge on any atom is 0.328 e. The molecule has 2 aromatic rings. The van der Waals surface area contributed by atoms with Crippen LogP contribution in [-0.4, -0.2) is 38.8 Å². The van der Waals surface area contributed by atoms with Gasteiger partial charge in [0.2, 0.25) is 5.91 Å². The highest BCUT2D eigenvalue weighted by Crippen LogP contribution is 2.14. The van der Waals surface area contributed by atoms with Gasteiger partial charge in [-0.3, -0.25) is 9.59 Å². The molecular weight excluding hydrogens is 420 g/mol. The Balaban J connectivity index is 1.92. The fourth-order valence-corrected chi connectivity index (χ4v) is 3.43. The first-order valence-electron chi connectivity index (χ1n) is 9.80. The third kappa shape index (κ3) is 7.41. The second kappa shape index (κ2) is 11.1. The Kier molecular flexibility index (Phi) is 8.56. The van der Waals surface area contributed by atoms with Crippen molar-refractivity contribution in [2.75, 3.05) is 11.9 Å². The minimum Gasteiger partial charge on any atom is -0.341 e. The fourth-order valence-electron chi connectivity index (χ4n) is 2.50. The Hall–Kier alpha value is -3.40. The van der Waals surface area contributed by atoms with Crippen molar-refractivity contribution in [2.24, 2.45) is 0 Å². The summed E-state index contributed by atoms with van der Waals surface area (Å²) in [6.07, 6.45) is 1.61. The summed E-state index contributed by atoms with van der Waals surface area (Å²) in [5, 5.41) is 7.66. The van der Waals surface area contributed by atoms with Gasteiger partial charge in [0.1, 0.15) is 6.04 Å². The van der Waals surface area contributed by atoms with Crippen LogP contribution in [0.1, 0.15) is 37.0 Å². The van der Waals surface area contributed by atoms with Gasteiger partial charge in [0.15, 0.2) is 0 Å². The number of urea groups is 1. The van der Waals surface area contributed by atoms with Gasteiger partial charge in [0, 0.05) is 17.8 Å². The first-order chi connectivity index (χ1) is 14.7. The fraction of sp³-hybridized carbons (Fsp3) is 0.286. The number of sulfonamides is 1. The zero-order chi connectivity index (χ0) is 22.9. The smallest absolute Gasteiger partial charge is 0.328 e. The van der Waals surface area contributed by atoms with E-state index in [2.05, 4.69) is 16.0 Å². The first-order valence-corrected chi connectivity index (χ1v) is 11.3. The molecule has 0 aliphatic carbocycles. The van der Waals surface area contributed by atoms with Crippen molar-refractivity contribution in [1.82, 2.24) is 15.4 Å². The monoisotopic (exact) mass is 446 g/mol. The van der Waals surface area contributed by atoms with Crippen molar-refractivity contribution in [3.8, 4) is 0 Å². The quantitative estimate of drug-likeness (QED) is 0.438. The van der Waals surface area contributed by atoms with Crippen LogP contribution in [0.25, 0.3) is 0 Å². The van der Waals surface area contributed by atoms with Crippen LogP contribution in [0, 0.1) is 0 Å². The van der Waals surface area contributed by atoms with E-state index in [0.717, 1.165) is 12.8 Å². The lowest BCUT2D eigenvalue weighted by Gasteiger charge is -2.14. The van der Waals surface area contributed by atoms with Gasteiger partial charge in [-0.2, -0.15) is 0 Å². The number of amides is 4. The number of rotatable bonds is 9. The van der Waals surface area contributed by atoms with Crippen LogP contribution in [-0.2, 0) is 14.8 Å². The van der Waals surface area contributed by atoms with Gasteiger partial charge in [-0.25, -0.2) is 17.9 Å². The second-order valence-electron chi connectivity index (χ2n) is 6.79. The lowest BCUT2D eigenvalue weighted by atomic mass is 10.2. The first kappa shape index (κ1) is 23.9. The highest BCUT2D eigenvalue weighted by atomic mass is 32.2. The molecule has 0 fully saturated rings. The summed E-state index contributed by atoms with van der Waals surface area (Å²) >= 11 is 0. The number of nitrogens with one attached hydrogen (secondary N) is 4. The maximum absolute atomic E-state index is 12.3. The molecule has 4 amide bonds. The van der Waals surface area contributed by atoms with E-state index in [0.29, 0.717) is 17.8 Å². The standard InChI is InChI=1S/C21H26N4O5S/c1-3-4-14-22-21(28)25-31(29,30)18-12-10-17(11-13-18)24-19(26)15(2)23-20(27)16-8-6-5-7-9-16/h5-13,15H,3-4,14H2,1-2H3,(H,23,27)(H,24,26)(H2,22,25,28)/t15-/m1/s1. The highest BCUT2D eigenvalue weighted by Gasteiger charge is 2.19. The molecule has 2 aromatic carbocycles. The van der Waals surface area contributed by atoms with E-state index in [1.807, 2.05) is 11.6 Å². The van der Waals surface area contributed by atoms with Crippen LogP contribution in [0.4, 0.5) is 10.5 Å². The van der Waals surface area contributed by atoms with Crippen molar-refractivity contribution in [3.63, 3.8) is 0 Å². The summed E-state index contributed by atoms with van der Waals surface area (Å²) in [5.74, 6) is -0.846. The number of hydrogen-bond acceptors (Lipinski definition) is 5. The van der Waals surface area contributed by atoms with Gasteiger partial charge in [-0.1, -0.05) is 31.5 Å². The molecule has 10 heteroatoms. The van der Waals surface area contributed by atoms with Crippen LogP contribution in [0.15, 0.2) is 59.5 Å². The maximum atomic E-state index is 12.3. The minimum absolute atomic E-state index is 0.124. The van der Waals surface area contributed by atoms with Crippen LogP contribution >= 0.6 is 0 Å². The van der Waals surface area contributed by atoms with E-state index in [9.17, 15) is 22.8 Å². The normalized spacial score (nSPS) is 11.8. The second-order valence-corrected chi connectivity index (χ2v) is 8.47. The average molecular weight is 447 g/mol. The third-order valence-electron chi connectivity index (χ3n) is 4.25. The molecule has 0 saturated carbocycles. The molecule has 31 heavy (non-hydrogen) atoms. The molecular formula is C21H26N4O5S. The summed E-state index contributed by atoms with van der Waals surface area (Å²) in [4.78, 5) is 36.0. The highest BCUT2D eigenvalue weighted by molar-refractivity contribution is 7.90. The van der Waals surface area contributed by atoms with Crippen LogP contribution in [0.5, 0.6) is 0 Å². The zero-order valence-corrected chi connectivity index (χ0v) is 18.2. The van der Waals surface area contributed by atoms with Crippen molar-refractivity contribution < 1.29 is 22.8 Å². The SMILES string of the molecule is CCCCNC(=O)NS(=O)(=O)c1ccc(NC(=O)[C@@H](C)NC(=O)c2ccccc2)cc1. The number of carbonyl (C=O) groups is 3. The Labute approximate surface area is 181 Å². The van der Waals surface area contributed by atoms with E-state index in [1.54, 1.807) is 30.3 Å². The Morgan fingerprint density at radius 1 is 0.968 bits per heavy atom. The Bertz CT molecular complexity index is 1010. The number of anilines is 1. The number of hydrogen-bond donors (Lipinski definition) is 4. The molecule has 0 spiro atoms. The molecule has 0 bridgehead atoms. The Morgan fingerprint density at radius 2 is 1.61 bits per heavy atom. The molecule has 0 unspecified atom stereocenters. The van der Waals surface area contributed by atoms with Gasteiger partial charge in [0.05, 0.1) is 4.90 Å². The predicted octanol–water partition coefficient (Wildman–Crippen LogP) is 2.23. The lowest BCUT2D eigenvalue weighted by molar-refractivity contribution is -0.117. The van der Waals surface area contributed by atoms with Crippen LogP contribution in [0.2, 0.25) is 0 Å². The van der Waals surface area contributed by atoms with Gasteiger partial charge in [-0.15, -0.1) is 0 Å². The molecule has 2 rings (SSSR count). The number of carbonyl (C=O) groups excluding carboxylic acids is 3. The van der Waals surface area contributed by atoms with E-state index >= 15 is 0 Å². The summed E-state index contributed by atoms with van der Waals surface area (Å²) in [6.45, 7) is 3.87. The van der Waals surface area contributed by atoms with Gasteiger partial charge in [0.25, 0.3) is 15.9 Å². The largest absolute Gasteiger partial charge is 0.341 e. The number of unbranched alkanes of at least 4 members (excludes halogenated alkanes) is 1. The molecule has 166 valence electrons. The van der Waals surface area contributed by atoms with E-state index in [-0.39, 0.29) is 10.8 Å². The van der Waals surface area contributed by atoms with Crippen molar-refractivity contribution in [2.45, 2.75) is 37.6 Å². The summed E-state index contributed by atoms with van der Waals surface area (Å²) < 4.78 is 26.5. The molecule has 1 atom stereocenters. The van der Waals surface area contributed by atoms with E-state index in [4.69, 9.17) is 0 Å². The van der Waals surface area contributed by atoms with Gasteiger partial charge < -0.3 is 16.0 Å². The molecule has 9 nitrogen and oxygen atoms in total. The molecule has 0 saturated heterocycles. The van der Waals surface area contributed by atoms with Crippen molar-refractivity contribution in [1.29, 1.82) is 0 Å². The molecule has 0 radical (unpaired) electrons. The van der Waals surface area contributed by atoms with Crippen molar-refractivity contribution >= 4 is 33.6 Å². The van der Waals surface area contributed by atoms with Gasteiger partial charge >= 0.3 is 6.03 Å². The molecule has 0 aliphatic rings. The third-order valence-corrected chi connectivity index (χ3v) is 5.60. The molecule has 4 N–H and O–H groups in total. The van der Waals surface area contributed by atoms with Crippen LogP contribution in [0.3, 0.4) is 0 Å². The molecule has 0 heterocycles. The lowest BCUT2D eigenvalue weighted by Crippen LogP contribution is -2.41. The molecule has 0 aliphatic heterocycles. The topological polar surface area (TPSA) is 133 Å². The summed E-state index contributed by atoms with van der Waals surface area (Å²) in [5.41, 5.74) is 0.778. The summed E-state index contributed by atoms with van der Waals surface area (Å²) in [6, 6.07) is 12.2. The summed E-state index contributed by atoms with van der Waals surface area (Å²) in [7, 11) is -4.04. The average Bonchev–Trinajstić information content (AvgIpc) is 2.74. The van der Waals surface area contributed by atoms with E-state index in [1.165, 1.54) is 31.2 Å². The molecule has 0 aromatic heterocycles. The predicted molar refractivity (Wildman–Crippen MR) is 117 cm³/mol. The van der Waals surface area contributed by atoms with E-state index < -0.39 is 28.0 Å². The minimum atomic E-state index is -4.04. The number of benzene rings is 2.